The Balaban J connectivity index is 1.61. The molecule has 0 atom stereocenters. The molecule has 3 aromatic rings. The van der Waals surface area contributed by atoms with E-state index in [2.05, 4.69) is 17.1 Å². The van der Waals surface area contributed by atoms with Crippen molar-refractivity contribution in [3.8, 4) is 11.1 Å². The van der Waals surface area contributed by atoms with Gasteiger partial charge in [0.25, 0.3) is 0 Å². The lowest BCUT2D eigenvalue weighted by Crippen LogP contribution is -2.09. The molecule has 128 valence electrons. The normalized spacial score (nSPS) is 15.3. The number of hydrogen-bond donors (Lipinski definition) is 1. The summed E-state index contributed by atoms with van der Waals surface area (Å²) >= 11 is 0. The van der Waals surface area contributed by atoms with Crippen LogP contribution in [0.4, 0.5) is 4.39 Å². The van der Waals surface area contributed by atoms with Crippen molar-refractivity contribution in [3.63, 3.8) is 0 Å². The number of benzene rings is 2. The Labute approximate surface area is 146 Å². The van der Waals surface area contributed by atoms with Crippen LogP contribution >= 0.6 is 0 Å². The van der Waals surface area contributed by atoms with Crippen molar-refractivity contribution in [2.24, 2.45) is 5.41 Å². The zero-order valence-corrected chi connectivity index (χ0v) is 14.0. The van der Waals surface area contributed by atoms with Gasteiger partial charge < -0.3 is 9.67 Å². The number of nitrogens with zero attached hydrogens (tertiary/aromatic N) is 2. The zero-order valence-electron chi connectivity index (χ0n) is 14.0. The number of aliphatic hydroxyl groups is 1. The maximum atomic E-state index is 14.1. The Bertz CT molecular complexity index is 869. The second-order valence-electron chi connectivity index (χ2n) is 7.12. The number of halogens is 1. The third kappa shape index (κ3) is 3.64. The van der Waals surface area contributed by atoms with Crippen molar-refractivity contribution in [2.45, 2.75) is 25.8 Å². The molecule has 25 heavy (non-hydrogen) atoms. The van der Waals surface area contributed by atoms with Crippen molar-refractivity contribution < 1.29 is 9.50 Å². The summed E-state index contributed by atoms with van der Waals surface area (Å²) in [7, 11) is 0. The van der Waals surface area contributed by atoms with E-state index in [9.17, 15) is 9.50 Å². The molecular weight excluding hydrogens is 315 g/mol. The van der Waals surface area contributed by atoms with E-state index in [4.69, 9.17) is 0 Å². The van der Waals surface area contributed by atoms with Crippen molar-refractivity contribution in [1.29, 1.82) is 0 Å². The minimum absolute atomic E-state index is 0.0765. The first kappa shape index (κ1) is 16.0. The molecule has 4 heteroatoms. The Morgan fingerprint density at radius 3 is 2.64 bits per heavy atom. The van der Waals surface area contributed by atoms with Crippen LogP contribution in [0.25, 0.3) is 11.1 Å². The highest BCUT2D eigenvalue weighted by Crippen LogP contribution is 2.48. The van der Waals surface area contributed by atoms with Crippen LogP contribution in [0, 0.1) is 11.2 Å². The van der Waals surface area contributed by atoms with E-state index in [1.807, 2.05) is 29.0 Å². The minimum atomic E-state index is -0.230. The van der Waals surface area contributed by atoms with Gasteiger partial charge in [-0.05, 0) is 65.1 Å². The fraction of sp³-hybridized carbons (Fsp3) is 0.286. The van der Waals surface area contributed by atoms with Crippen LogP contribution in [0.3, 0.4) is 0 Å². The summed E-state index contributed by atoms with van der Waals surface area (Å²) in [6, 6.07) is 13.4. The van der Waals surface area contributed by atoms with E-state index < -0.39 is 0 Å². The second-order valence-corrected chi connectivity index (χ2v) is 7.12. The fourth-order valence-corrected chi connectivity index (χ4v) is 3.36. The number of aromatic nitrogens is 2. The molecule has 3 nitrogen and oxygen atoms in total. The quantitative estimate of drug-likeness (QED) is 0.737. The van der Waals surface area contributed by atoms with E-state index in [0.717, 1.165) is 36.0 Å². The average molecular weight is 336 g/mol. The van der Waals surface area contributed by atoms with E-state index in [-0.39, 0.29) is 17.8 Å². The lowest BCUT2D eigenvalue weighted by molar-refractivity contribution is 0.211. The SMILES string of the molecule is OCC1(Cc2cccc(-c3cc(F)cc(Cn4ccnc4)c3)c2)CC1. The zero-order chi connectivity index (χ0) is 17.3. The van der Waals surface area contributed by atoms with Crippen LogP contribution in [0.2, 0.25) is 0 Å². The van der Waals surface area contributed by atoms with Crippen molar-refractivity contribution in [2.75, 3.05) is 6.61 Å². The Hall–Kier alpha value is -2.46. The molecule has 1 heterocycles. The summed E-state index contributed by atoms with van der Waals surface area (Å²) in [5.41, 5.74) is 4.08. The monoisotopic (exact) mass is 336 g/mol. The molecule has 1 aliphatic rings. The average Bonchev–Trinajstić information content (AvgIpc) is 3.19. The molecule has 0 saturated heterocycles. The van der Waals surface area contributed by atoms with E-state index in [1.165, 1.54) is 5.56 Å². The molecule has 1 N–H and O–H groups in total. The Kier molecular flexibility index (Phi) is 4.14. The lowest BCUT2D eigenvalue weighted by Gasteiger charge is -2.13. The number of hydrogen-bond acceptors (Lipinski definition) is 2. The first-order chi connectivity index (χ1) is 12.2. The van der Waals surface area contributed by atoms with Gasteiger partial charge in [0.2, 0.25) is 0 Å². The van der Waals surface area contributed by atoms with Crippen LogP contribution < -0.4 is 0 Å². The van der Waals surface area contributed by atoms with Crippen LogP contribution in [0.1, 0.15) is 24.0 Å². The third-order valence-corrected chi connectivity index (χ3v) is 5.01. The topological polar surface area (TPSA) is 38.0 Å². The molecule has 1 aromatic heterocycles. The summed E-state index contributed by atoms with van der Waals surface area (Å²) in [5, 5.41) is 9.54. The Morgan fingerprint density at radius 1 is 1.08 bits per heavy atom. The molecule has 1 aliphatic carbocycles. The molecule has 2 aromatic carbocycles. The van der Waals surface area contributed by atoms with Gasteiger partial charge in [0.1, 0.15) is 5.82 Å². The highest BCUT2D eigenvalue weighted by atomic mass is 19.1. The standard InChI is InChI=1S/C21H21FN2O/c22-20-10-17(13-24-7-6-23-15-24)9-19(11-20)18-3-1-2-16(8-18)12-21(14-25)4-5-21/h1-3,6-11,15,25H,4-5,12-14H2. The van der Waals surface area contributed by atoms with Crippen LogP contribution in [0.5, 0.6) is 0 Å². The minimum Gasteiger partial charge on any atom is -0.396 e. The Morgan fingerprint density at radius 2 is 1.92 bits per heavy atom. The fourth-order valence-electron chi connectivity index (χ4n) is 3.36. The van der Waals surface area contributed by atoms with Gasteiger partial charge in [0.05, 0.1) is 6.33 Å². The van der Waals surface area contributed by atoms with Gasteiger partial charge in [-0.3, -0.25) is 0 Å². The van der Waals surface area contributed by atoms with Gasteiger partial charge >= 0.3 is 0 Å². The maximum absolute atomic E-state index is 14.1. The molecule has 1 saturated carbocycles. The number of aliphatic hydroxyl groups excluding tert-OH is 1. The molecule has 1 fully saturated rings. The van der Waals surface area contributed by atoms with Gasteiger partial charge in [-0.1, -0.05) is 24.3 Å². The van der Waals surface area contributed by atoms with Gasteiger partial charge in [0, 0.05) is 25.5 Å². The van der Waals surface area contributed by atoms with Crippen LogP contribution in [0.15, 0.2) is 61.2 Å². The van der Waals surface area contributed by atoms with E-state index >= 15 is 0 Å². The van der Waals surface area contributed by atoms with Crippen molar-refractivity contribution in [1.82, 2.24) is 9.55 Å². The molecule has 0 spiro atoms. The molecular formula is C21H21FN2O. The highest BCUT2D eigenvalue weighted by molar-refractivity contribution is 5.65. The van der Waals surface area contributed by atoms with Crippen LogP contribution in [-0.4, -0.2) is 21.3 Å². The van der Waals surface area contributed by atoms with Gasteiger partial charge in [0.15, 0.2) is 0 Å². The number of imidazole rings is 1. The second kappa shape index (κ2) is 6.45. The lowest BCUT2D eigenvalue weighted by atomic mass is 9.94. The molecule has 0 aliphatic heterocycles. The molecule has 0 amide bonds. The predicted molar refractivity (Wildman–Crippen MR) is 95.6 cm³/mol. The molecule has 0 bridgehead atoms. The third-order valence-electron chi connectivity index (χ3n) is 5.01. The number of rotatable bonds is 6. The summed E-state index contributed by atoms with van der Waals surface area (Å²) in [5.74, 6) is -0.230. The van der Waals surface area contributed by atoms with Gasteiger partial charge in [-0.15, -0.1) is 0 Å². The molecule has 0 unspecified atom stereocenters. The largest absolute Gasteiger partial charge is 0.396 e. The smallest absolute Gasteiger partial charge is 0.124 e. The predicted octanol–water partition coefficient (Wildman–Crippen LogP) is 4.05. The highest BCUT2D eigenvalue weighted by Gasteiger charge is 2.41. The van der Waals surface area contributed by atoms with Crippen LogP contribution in [-0.2, 0) is 13.0 Å². The maximum Gasteiger partial charge on any atom is 0.124 e. The first-order valence-corrected chi connectivity index (χ1v) is 8.61. The van der Waals surface area contributed by atoms with E-state index in [0.29, 0.717) is 6.54 Å². The molecule has 0 radical (unpaired) electrons. The van der Waals surface area contributed by atoms with Crippen molar-refractivity contribution >= 4 is 0 Å². The van der Waals surface area contributed by atoms with E-state index in [1.54, 1.807) is 24.7 Å². The summed E-state index contributed by atoms with van der Waals surface area (Å²) < 4.78 is 16.0. The summed E-state index contributed by atoms with van der Waals surface area (Å²) in [6.45, 7) is 0.838. The van der Waals surface area contributed by atoms with Crippen molar-refractivity contribution in [3.05, 3.63) is 78.1 Å². The van der Waals surface area contributed by atoms with Gasteiger partial charge in [-0.2, -0.15) is 0 Å². The summed E-state index contributed by atoms with van der Waals surface area (Å²) in [6.07, 6.45) is 8.38. The van der Waals surface area contributed by atoms with Gasteiger partial charge in [-0.25, -0.2) is 9.37 Å². The first-order valence-electron chi connectivity index (χ1n) is 8.61. The summed E-state index contributed by atoms with van der Waals surface area (Å²) in [4.78, 5) is 4.03. The molecule has 4 rings (SSSR count).